The van der Waals surface area contributed by atoms with Gasteiger partial charge in [-0.3, -0.25) is 0 Å². The van der Waals surface area contributed by atoms with Crippen molar-refractivity contribution in [3.8, 4) is 11.5 Å². The minimum absolute atomic E-state index is 0.175. The van der Waals surface area contributed by atoms with E-state index in [1.54, 1.807) is 12.2 Å². The lowest BCUT2D eigenvalue weighted by Crippen LogP contribution is -2.35. The molecule has 0 unspecified atom stereocenters. The Bertz CT molecular complexity index is 986. The van der Waals surface area contributed by atoms with Gasteiger partial charge in [0.25, 0.3) is 0 Å². The Morgan fingerprint density at radius 3 is 1.47 bits per heavy atom. The zero-order valence-corrected chi connectivity index (χ0v) is 20.3. The van der Waals surface area contributed by atoms with Gasteiger partial charge >= 0.3 is 11.9 Å². The third-order valence-electron chi connectivity index (χ3n) is 5.70. The van der Waals surface area contributed by atoms with E-state index in [9.17, 15) is 9.59 Å². The highest BCUT2D eigenvalue weighted by molar-refractivity contribution is 5.87. The molecule has 0 radical (unpaired) electrons. The number of hydrogen-bond acceptors (Lipinski definition) is 8. The van der Waals surface area contributed by atoms with Gasteiger partial charge in [0, 0.05) is 12.2 Å². The van der Waals surface area contributed by atoms with Crippen LogP contribution < -0.4 is 9.47 Å². The normalized spacial score (nSPS) is 23.1. The average molecular weight is 495 g/mol. The Balaban J connectivity index is 1.24. The zero-order valence-electron chi connectivity index (χ0n) is 20.3. The van der Waals surface area contributed by atoms with Crippen molar-refractivity contribution in [2.75, 3.05) is 26.4 Å². The maximum atomic E-state index is 12.3. The molecule has 4 atom stereocenters. The van der Waals surface area contributed by atoms with Crippen molar-refractivity contribution in [2.24, 2.45) is 0 Å². The summed E-state index contributed by atoms with van der Waals surface area (Å²) in [6.45, 7) is 5.38. The van der Waals surface area contributed by atoms with Crippen LogP contribution in [0.1, 0.15) is 25.0 Å². The molecule has 0 bridgehead atoms. The molecule has 2 saturated heterocycles. The van der Waals surface area contributed by atoms with Crippen molar-refractivity contribution < 1.29 is 38.0 Å². The molecule has 0 amide bonds. The van der Waals surface area contributed by atoms with Gasteiger partial charge in [0.1, 0.15) is 23.7 Å². The minimum atomic E-state index is -0.574. The van der Waals surface area contributed by atoms with Crippen molar-refractivity contribution in [3.63, 3.8) is 0 Å². The van der Waals surface area contributed by atoms with Gasteiger partial charge in [-0.15, -0.1) is 0 Å². The van der Waals surface area contributed by atoms with Crippen LogP contribution in [-0.2, 0) is 28.5 Å². The summed E-state index contributed by atoms with van der Waals surface area (Å²) in [5.74, 6) is 0.541. The molecule has 36 heavy (non-hydrogen) atoms. The van der Waals surface area contributed by atoms with Crippen molar-refractivity contribution in [3.05, 3.63) is 71.8 Å². The molecular formula is C28H30O8. The number of benzene rings is 2. The Labute approximate surface area is 210 Å². The van der Waals surface area contributed by atoms with E-state index in [2.05, 4.69) is 0 Å². The molecular weight excluding hydrogens is 464 g/mol. The summed E-state index contributed by atoms with van der Waals surface area (Å²) in [6, 6.07) is 14.8. The van der Waals surface area contributed by atoms with Gasteiger partial charge in [0.15, 0.2) is 12.2 Å². The summed E-state index contributed by atoms with van der Waals surface area (Å²) in [5, 5.41) is 0. The summed E-state index contributed by atoms with van der Waals surface area (Å²) in [4.78, 5) is 24.6. The highest BCUT2D eigenvalue weighted by atomic mass is 16.7. The second-order valence-corrected chi connectivity index (χ2v) is 8.22. The number of rotatable bonds is 10. The molecule has 0 aromatic heterocycles. The first-order chi connectivity index (χ1) is 17.6. The summed E-state index contributed by atoms with van der Waals surface area (Å²) in [6.07, 6.45) is 3.94. The topological polar surface area (TPSA) is 89.5 Å². The second kappa shape index (κ2) is 12.4. The predicted octanol–water partition coefficient (Wildman–Crippen LogP) is 3.83. The Morgan fingerprint density at radius 1 is 0.722 bits per heavy atom. The lowest BCUT2D eigenvalue weighted by Gasteiger charge is -2.16. The van der Waals surface area contributed by atoms with Crippen LogP contribution in [0, 0.1) is 0 Å². The van der Waals surface area contributed by atoms with Crippen LogP contribution in [0.15, 0.2) is 60.7 Å². The fourth-order valence-electron chi connectivity index (χ4n) is 4.02. The van der Waals surface area contributed by atoms with E-state index in [4.69, 9.17) is 28.4 Å². The zero-order chi connectivity index (χ0) is 25.3. The Morgan fingerprint density at radius 2 is 1.11 bits per heavy atom. The van der Waals surface area contributed by atoms with Gasteiger partial charge in [-0.05, 0) is 61.4 Å². The van der Waals surface area contributed by atoms with E-state index < -0.39 is 36.4 Å². The molecule has 0 aliphatic carbocycles. The molecule has 0 N–H and O–H groups in total. The van der Waals surface area contributed by atoms with Crippen molar-refractivity contribution in [2.45, 2.75) is 38.3 Å². The summed E-state index contributed by atoms with van der Waals surface area (Å²) in [5.41, 5.74) is 1.69. The number of carbonyl (C=O) groups is 2. The molecule has 2 aromatic carbocycles. The number of fused-ring (bicyclic) bond motifs is 1. The molecule has 8 nitrogen and oxygen atoms in total. The maximum Gasteiger partial charge on any atom is 0.331 e. The van der Waals surface area contributed by atoms with Crippen LogP contribution in [-0.4, -0.2) is 62.8 Å². The summed E-state index contributed by atoms with van der Waals surface area (Å²) >= 11 is 0. The van der Waals surface area contributed by atoms with E-state index in [-0.39, 0.29) is 13.2 Å². The van der Waals surface area contributed by atoms with Crippen LogP contribution in [0.3, 0.4) is 0 Å². The predicted molar refractivity (Wildman–Crippen MR) is 133 cm³/mol. The molecule has 2 fully saturated rings. The number of ether oxygens (including phenoxy) is 6. The summed E-state index contributed by atoms with van der Waals surface area (Å²) < 4.78 is 33.4. The number of carbonyl (C=O) groups excluding carboxylic acids is 2. The van der Waals surface area contributed by atoms with E-state index in [1.165, 1.54) is 12.2 Å². The average Bonchev–Trinajstić information content (AvgIpc) is 3.47. The molecule has 190 valence electrons. The SMILES string of the molecule is CCOc1ccc(/C=C/C(=O)O[C@@H]2CO[C@H]3[C@@H]2OC[C@H]3OC(=O)/C=C/c2ccc(OCC)cc2)cc1. The first kappa shape index (κ1) is 25.5. The quantitative estimate of drug-likeness (QED) is 0.364. The first-order valence-electron chi connectivity index (χ1n) is 12.0. The second-order valence-electron chi connectivity index (χ2n) is 8.22. The largest absolute Gasteiger partial charge is 0.494 e. The molecule has 8 heteroatoms. The van der Waals surface area contributed by atoms with Gasteiger partial charge in [-0.1, -0.05) is 24.3 Å². The van der Waals surface area contributed by atoms with Crippen molar-refractivity contribution in [1.82, 2.24) is 0 Å². The standard InChI is InChI=1S/C28H30O8/c1-3-31-21-11-5-19(6-12-21)9-15-25(29)35-23-17-33-28-24(18-34-27(23)28)36-26(30)16-10-20-7-13-22(14-8-20)32-4-2/h5-16,23-24,27-28H,3-4,17-18H2,1-2H3/b15-9+,16-10+/t23-,24-,27-,28-/m1/s1. The lowest BCUT2D eigenvalue weighted by atomic mass is 10.1. The Hall–Kier alpha value is -3.62. The molecule has 4 rings (SSSR count). The number of esters is 2. The molecule has 2 aliphatic rings. The van der Waals surface area contributed by atoms with E-state index in [0.717, 1.165) is 22.6 Å². The Kier molecular flexibility index (Phi) is 8.76. The van der Waals surface area contributed by atoms with E-state index in [0.29, 0.717) is 13.2 Å². The van der Waals surface area contributed by atoms with E-state index in [1.807, 2.05) is 62.4 Å². The van der Waals surface area contributed by atoms with Gasteiger partial charge < -0.3 is 28.4 Å². The number of hydrogen-bond donors (Lipinski definition) is 0. The molecule has 0 spiro atoms. The monoisotopic (exact) mass is 494 g/mol. The smallest absolute Gasteiger partial charge is 0.331 e. The van der Waals surface area contributed by atoms with Gasteiger partial charge in [-0.25, -0.2) is 9.59 Å². The van der Waals surface area contributed by atoms with E-state index >= 15 is 0 Å². The fourth-order valence-corrected chi connectivity index (χ4v) is 4.02. The molecule has 2 aromatic rings. The van der Waals surface area contributed by atoms with Crippen LogP contribution in [0.2, 0.25) is 0 Å². The van der Waals surface area contributed by atoms with Gasteiger partial charge in [0.2, 0.25) is 0 Å². The highest BCUT2D eigenvalue weighted by Gasteiger charge is 2.51. The molecule has 0 saturated carbocycles. The van der Waals surface area contributed by atoms with Crippen LogP contribution in [0.25, 0.3) is 12.2 Å². The fraction of sp³-hybridized carbons (Fsp3) is 0.357. The van der Waals surface area contributed by atoms with Crippen molar-refractivity contribution in [1.29, 1.82) is 0 Å². The first-order valence-corrected chi connectivity index (χ1v) is 12.0. The third kappa shape index (κ3) is 6.74. The van der Waals surface area contributed by atoms with Crippen LogP contribution in [0.4, 0.5) is 0 Å². The van der Waals surface area contributed by atoms with Crippen molar-refractivity contribution >= 4 is 24.1 Å². The van der Waals surface area contributed by atoms with Gasteiger partial charge in [0.05, 0.1) is 26.4 Å². The molecule has 2 heterocycles. The minimum Gasteiger partial charge on any atom is -0.494 e. The van der Waals surface area contributed by atoms with Crippen LogP contribution in [0.5, 0.6) is 11.5 Å². The third-order valence-corrected chi connectivity index (χ3v) is 5.70. The van der Waals surface area contributed by atoms with Crippen LogP contribution >= 0.6 is 0 Å². The highest BCUT2D eigenvalue weighted by Crippen LogP contribution is 2.31. The summed E-state index contributed by atoms with van der Waals surface area (Å²) in [7, 11) is 0. The maximum absolute atomic E-state index is 12.3. The lowest BCUT2D eigenvalue weighted by molar-refractivity contribution is -0.149. The molecule has 2 aliphatic heterocycles. The van der Waals surface area contributed by atoms with Gasteiger partial charge in [-0.2, -0.15) is 0 Å².